The molecule has 53 heavy (non-hydrogen) atoms. The minimum absolute atomic E-state index is 0.0179. The summed E-state index contributed by atoms with van der Waals surface area (Å²) in [6.45, 7) is 16.5. The van der Waals surface area contributed by atoms with Crippen LogP contribution in [0, 0.1) is 23.7 Å². The summed E-state index contributed by atoms with van der Waals surface area (Å²) in [7, 11) is 3.73. The van der Waals surface area contributed by atoms with Crippen molar-refractivity contribution >= 4 is 17.7 Å². The molecule has 0 saturated carbocycles. The Labute approximate surface area is 315 Å². The number of aromatic nitrogens is 1. The molecule has 2 aliphatic heterocycles. The fraction of sp³-hybridized carbons (Fsp3) is 0.795. The van der Waals surface area contributed by atoms with E-state index in [0.717, 1.165) is 5.69 Å². The minimum Gasteiger partial charge on any atom is -0.459 e. The average molecular weight is 751 g/mol. The number of carbonyl (C=O) groups is 3. The first kappa shape index (κ1) is 44.8. The standard InChI is InChI=1S/C39H66N4O10/c1-12-30-39(9,49)33(46)27(7)35(47)42-23(3)18-38(8,50-21-22(2)19-40-20-28-15-13-14-16-41-28)34(25(5)31(44)26(6)36(48)52-30)53-37-32(45)29(43(10)11)17-24(4)51-37/h13-16,22-27,29-30,32-34,37,40,45-46,49H,12,17-21H2,1-11H3,(H,42,47)/t22?,23-,24-,25+,26-,27-,29+,30-,32-,33-,34?,37+,38-,39-/m1/s1. The Morgan fingerprint density at radius 2 is 1.77 bits per heavy atom. The van der Waals surface area contributed by atoms with Crippen LogP contribution in [-0.2, 0) is 39.9 Å². The monoisotopic (exact) mass is 750 g/mol. The highest BCUT2D eigenvalue weighted by molar-refractivity contribution is 6.00. The van der Waals surface area contributed by atoms with Gasteiger partial charge in [-0.3, -0.25) is 19.4 Å². The van der Waals surface area contributed by atoms with E-state index < -0.39 is 83.4 Å². The van der Waals surface area contributed by atoms with Gasteiger partial charge in [0.25, 0.3) is 0 Å². The third-order valence-electron chi connectivity index (χ3n) is 10.9. The van der Waals surface area contributed by atoms with Crippen LogP contribution in [0.25, 0.3) is 0 Å². The number of carbonyl (C=O) groups excluding carboxylic acids is 3. The first-order valence-corrected chi connectivity index (χ1v) is 19.1. The molecule has 14 atom stereocenters. The maximum absolute atomic E-state index is 14.3. The van der Waals surface area contributed by atoms with Gasteiger partial charge in [0.2, 0.25) is 5.91 Å². The predicted octanol–water partition coefficient (Wildman–Crippen LogP) is 2.21. The van der Waals surface area contributed by atoms with Gasteiger partial charge in [-0.15, -0.1) is 0 Å². The first-order chi connectivity index (χ1) is 24.7. The summed E-state index contributed by atoms with van der Waals surface area (Å²) in [5.41, 5.74) is -2.40. The SMILES string of the molecule is CC[C@H]1OC(=O)[C@H](C)C(=O)[C@H](C)C(O[C@@H]2O[C@H](C)C[C@H](N(C)C)[C@H]2O)[C@](C)(OCC(C)CNCc2ccccn2)C[C@@H](C)NC(=O)[C@H](C)[C@@H](O)[C@]1(C)O. The van der Waals surface area contributed by atoms with E-state index in [9.17, 15) is 29.7 Å². The Morgan fingerprint density at radius 3 is 2.38 bits per heavy atom. The van der Waals surface area contributed by atoms with E-state index in [2.05, 4.69) is 15.6 Å². The maximum atomic E-state index is 14.3. The number of likely N-dealkylation sites (N-methyl/N-ethyl adjacent to an activating group) is 1. The van der Waals surface area contributed by atoms with Gasteiger partial charge in [-0.25, -0.2) is 0 Å². The van der Waals surface area contributed by atoms with Crippen molar-refractivity contribution in [3.63, 3.8) is 0 Å². The summed E-state index contributed by atoms with van der Waals surface area (Å²) >= 11 is 0. The van der Waals surface area contributed by atoms with Gasteiger partial charge in [0.1, 0.15) is 23.7 Å². The van der Waals surface area contributed by atoms with Gasteiger partial charge in [0.05, 0.1) is 42.1 Å². The van der Waals surface area contributed by atoms with Crippen molar-refractivity contribution in [1.82, 2.24) is 20.5 Å². The molecule has 2 unspecified atom stereocenters. The number of rotatable bonds is 11. The second kappa shape index (κ2) is 19.3. The molecule has 2 aliphatic rings. The fourth-order valence-electron chi connectivity index (χ4n) is 7.58. The first-order valence-electron chi connectivity index (χ1n) is 19.1. The summed E-state index contributed by atoms with van der Waals surface area (Å²) in [6, 6.07) is 4.85. The van der Waals surface area contributed by atoms with Crippen LogP contribution in [-0.4, -0.2) is 130 Å². The van der Waals surface area contributed by atoms with Crippen LogP contribution in [0.2, 0.25) is 0 Å². The Kier molecular flexibility index (Phi) is 16.4. The lowest BCUT2D eigenvalue weighted by Gasteiger charge is -2.47. The molecule has 0 radical (unpaired) electrons. The molecule has 14 nitrogen and oxygen atoms in total. The number of cyclic esters (lactones) is 1. The zero-order chi connectivity index (χ0) is 39.8. The molecule has 1 aromatic rings. The van der Waals surface area contributed by atoms with Crippen molar-refractivity contribution in [1.29, 1.82) is 0 Å². The van der Waals surface area contributed by atoms with Gasteiger partial charge in [-0.2, -0.15) is 0 Å². The number of nitrogens with one attached hydrogen (secondary N) is 2. The predicted molar refractivity (Wildman–Crippen MR) is 198 cm³/mol. The Bertz CT molecular complexity index is 1330. The number of Topliss-reactive ketones (excluding diaryl/α,β-unsaturated/α-hetero) is 1. The second-order valence-electron chi connectivity index (χ2n) is 16.1. The lowest BCUT2D eigenvalue weighted by Crippen LogP contribution is -2.60. The van der Waals surface area contributed by atoms with Gasteiger partial charge in [0.15, 0.2) is 12.1 Å². The lowest BCUT2D eigenvalue weighted by molar-refractivity contribution is -0.298. The van der Waals surface area contributed by atoms with Gasteiger partial charge in [0, 0.05) is 37.3 Å². The molecule has 5 N–H and O–H groups in total. The topological polar surface area (TPSA) is 189 Å². The van der Waals surface area contributed by atoms with E-state index in [1.165, 1.54) is 20.8 Å². The van der Waals surface area contributed by atoms with E-state index in [0.29, 0.717) is 19.5 Å². The summed E-state index contributed by atoms with van der Waals surface area (Å²) in [4.78, 5) is 47.8. The highest BCUT2D eigenvalue weighted by Crippen LogP contribution is 2.37. The fourth-order valence-corrected chi connectivity index (χ4v) is 7.58. The van der Waals surface area contributed by atoms with Crippen molar-refractivity contribution in [2.24, 2.45) is 23.7 Å². The van der Waals surface area contributed by atoms with Crippen LogP contribution >= 0.6 is 0 Å². The minimum atomic E-state index is -2.00. The number of aliphatic hydroxyl groups is 3. The lowest BCUT2D eigenvalue weighted by atomic mass is 9.79. The third-order valence-corrected chi connectivity index (χ3v) is 10.9. The van der Waals surface area contributed by atoms with Crippen molar-refractivity contribution < 1.29 is 48.7 Å². The summed E-state index contributed by atoms with van der Waals surface area (Å²) < 4.78 is 25.4. The van der Waals surface area contributed by atoms with Gasteiger partial charge >= 0.3 is 5.97 Å². The number of esters is 1. The molecule has 3 rings (SSSR count). The summed E-state index contributed by atoms with van der Waals surface area (Å²) in [5, 5.41) is 40.5. The van der Waals surface area contributed by atoms with Crippen molar-refractivity contribution in [2.75, 3.05) is 27.2 Å². The van der Waals surface area contributed by atoms with E-state index >= 15 is 0 Å². The molecule has 0 aromatic carbocycles. The Morgan fingerprint density at radius 1 is 1.09 bits per heavy atom. The van der Waals surface area contributed by atoms with Crippen LogP contribution in [0.5, 0.6) is 0 Å². The van der Waals surface area contributed by atoms with Crippen LogP contribution in [0.15, 0.2) is 24.4 Å². The average Bonchev–Trinajstić information content (AvgIpc) is 3.11. The molecule has 0 spiro atoms. The van der Waals surface area contributed by atoms with E-state index in [1.54, 1.807) is 33.9 Å². The molecule has 1 amide bonds. The highest BCUT2D eigenvalue weighted by atomic mass is 16.7. The smallest absolute Gasteiger partial charge is 0.316 e. The molecular weight excluding hydrogens is 684 g/mol. The number of hydrogen-bond acceptors (Lipinski definition) is 13. The van der Waals surface area contributed by atoms with Gasteiger partial charge < -0.3 is 49.8 Å². The molecule has 14 heteroatoms. The summed E-state index contributed by atoms with van der Waals surface area (Å²) in [5.74, 6) is -5.31. The number of pyridine rings is 1. The number of ketones is 1. The van der Waals surface area contributed by atoms with Gasteiger partial charge in [-0.05, 0) is 86.0 Å². The quantitative estimate of drug-likeness (QED) is 0.164. The third kappa shape index (κ3) is 11.5. The van der Waals surface area contributed by atoms with E-state index in [-0.39, 0.29) is 37.5 Å². The normalized spacial score (nSPS) is 38.8. The zero-order valence-electron chi connectivity index (χ0n) is 33.6. The second-order valence-corrected chi connectivity index (χ2v) is 16.1. The molecule has 0 aliphatic carbocycles. The maximum Gasteiger partial charge on any atom is 0.316 e. The summed E-state index contributed by atoms with van der Waals surface area (Å²) in [6.07, 6.45) is -3.83. The number of amides is 1. The van der Waals surface area contributed by atoms with Crippen LogP contribution in [0.3, 0.4) is 0 Å². The highest BCUT2D eigenvalue weighted by Gasteiger charge is 2.51. The van der Waals surface area contributed by atoms with Crippen LogP contribution in [0.1, 0.15) is 87.3 Å². The van der Waals surface area contributed by atoms with Crippen LogP contribution < -0.4 is 10.6 Å². The van der Waals surface area contributed by atoms with Crippen molar-refractivity contribution in [2.45, 2.75) is 148 Å². The number of ether oxygens (including phenoxy) is 4. The Hall–Kier alpha value is -2.56. The van der Waals surface area contributed by atoms with E-state index in [1.807, 2.05) is 51.0 Å². The molecule has 302 valence electrons. The zero-order valence-corrected chi connectivity index (χ0v) is 33.6. The number of aliphatic hydroxyl groups excluding tert-OH is 2. The number of nitrogens with zero attached hydrogens (tertiary/aromatic N) is 2. The van der Waals surface area contributed by atoms with Crippen molar-refractivity contribution in [3.8, 4) is 0 Å². The molecule has 1 aromatic heterocycles. The molecule has 0 bridgehead atoms. The van der Waals surface area contributed by atoms with Gasteiger partial charge in [-0.1, -0.05) is 33.8 Å². The van der Waals surface area contributed by atoms with E-state index in [4.69, 9.17) is 18.9 Å². The van der Waals surface area contributed by atoms with Crippen LogP contribution in [0.4, 0.5) is 0 Å². The Balaban J connectivity index is 2.05. The number of hydrogen-bond donors (Lipinski definition) is 5. The molecular formula is C39H66N4O10. The van der Waals surface area contributed by atoms with Crippen molar-refractivity contribution in [3.05, 3.63) is 30.1 Å². The molecule has 2 fully saturated rings. The molecule has 3 heterocycles. The largest absolute Gasteiger partial charge is 0.459 e. The molecule has 2 saturated heterocycles.